The summed E-state index contributed by atoms with van der Waals surface area (Å²) < 4.78 is 4.93. The second-order valence-electron chi connectivity index (χ2n) is 6.34. The maximum Gasteiger partial charge on any atom is 0.308 e. The van der Waals surface area contributed by atoms with Gasteiger partial charge >= 0.3 is 5.97 Å². The van der Waals surface area contributed by atoms with Crippen LogP contribution >= 0.6 is 34.5 Å². The fourth-order valence-electron chi connectivity index (χ4n) is 2.73. The van der Waals surface area contributed by atoms with Gasteiger partial charge < -0.3 is 20.5 Å². The highest BCUT2D eigenvalue weighted by Gasteiger charge is 2.24. The van der Waals surface area contributed by atoms with E-state index in [0.29, 0.717) is 5.56 Å². The number of aromatic hydroxyl groups is 1. The molecule has 2 aromatic rings. The predicted octanol–water partition coefficient (Wildman–Crippen LogP) is 4.11. The zero-order chi connectivity index (χ0) is 23.7. The Balaban J connectivity index is 2.11. The summed E-state index contributed by atoms with van der Waals surface area (Å²) in [7, 11) is 0. The van der Waals surface area contributed by atoms with Crippen LogP contribution in [0.5, 0.6) is 5.75 Å². The first-order valence-electron chi connectivity index (χ1n) is 9.23. The number of azide groups is 1. The second kappa shape index (κ2) is 12.2. The van der Waals surface area contributed by atoms with Gasteiger partial charge in [-0.25, -0.2) is 0 Å². The average molecular weight is 500 g/mol. The first kappa shape index (κ1) is 25.3. The van der Waals surface area contributed by atoms with Crippen molar-refractivity contribution in [1.29, 1.82) is 0 Å². The first-order valence-corrected chi connectivity index (χ1v) is 10.9. The van der Waals surface area contributed by atoms with E-state index in [4.69, 9.17) is 33.5 Å². The summed E-state index contributed by atoms with van der Waals surface area (Å²) in [5.41, 5.74) is 9.39. The van der Waals surface area contributed by atoms with Crippen LogP contribution in [-0.4, -0.2) is 36.0 Å². The van der Waals surface area contributed by atoms with Crippen molar-refractivity contribution < 1.29 is 24.2 Å². The minimum Gasteiger partial charge on any atom is -0.506 e. The standard InChI is InChI=1S/C19H19Cl2N5O5S/c1-2-31-17(28)5-15(12-3-11(20)4-14(21)18(12)29)25-16(27)7-23-19(30)13-9-32-8-10(13)6-24-26-22/h3-4,8-9,15,29H,2,5-7H2,1H3,(H,23,30)(H,25,27). The SMILES string of the molecule is CCOC(=O)CC(NC(=O)CNC(=O)c1cscc1CN=[N+]=[N-])c1cc(Cl)cc(Cl)c1O. The molecule has 32 heavy (non-hydrogen) atoms. The fourth-order valence-corrected chi connectivity index (χ4v) is 4.07. The molecule has 0 fully saturated rings. The molecule has 0 bridgehead atoms. The van der Waals surface area contributed by atoms with Gasteiger partial charge in [-0.15, -0.1) is 0 Å². The zero-order valence-corrected chi connectivity index (χ0v) is 19.1. The largest absolute Gasteiger partial charge is 0.506 e. The smallest absolute Gasteiger partial charge is 0.308 e. The van der Waals surface area contributed by atoms with Crippen molar-refractivity contribution in [3.63, 3.8) is 0 Å². The summed E-state index contributed by atoms with van der Waals surface area (Å²) in [6, 6.07) is 1.69. The number of ether oxygens (including phenoxy) is 1. The molecule has 13 heteroatoms. The number of phenols is 1. The molecular weight excluding hydrogens is 481 g/mol. The first-order chi connectivity index (χ1) is 15.3. The lowest BCUT2D eigenvalue weighted by molar-refractivity contribution is -0.143. The molecule has 1 unspecified atom stereocenters. The Hall–Kier alpha value is -2.98. The topological polar surface area (TPSA) is 153 Å². The molecule has 3 N–H and O–H groups in total. The summed E-state index contributed by atoms with van der Waals surface area (Å²) in [5.74, 6) is -2.11. The number of halogens is 2. The number of carbonyl (C=O) groups excluding carboxylic acids is 3. The fraction of sp³-hybridized carbons (Fsp3) is 0.316. The van der Waals surface area contributed by atoms with Gasteiger partial charge in [0.05, 0.1) is 42.7 Å². The van der Waals surface area contributed by atoms with Crippen LogP contribution in [0.1, 0.15) is 40.9 Å². The van der Waals surface area contributed by atoms with E-state index in [1.54, 1.807) is 17.7 Å². The Labute approximate surface area is 197 Å². The van der Waals surface area contributed by atoms with E-state index >= 15 is 0 Å². The van der Waals surface area contributed by atoms with Crippen molar-refractivity contribution in [3.8, 4) is 5.75 Å². The van der Waals surface area contributed by atoms with Crippen LogP contribution in [0, 0.1) is 0 Å². The van der Waals surface area contributed by atoms with Crippen LogP contribution in [0.15, 0.2) is 28.0 Å². The number of nitrogens with one attached hydrogen (secondary N) is 2. The molecule has 0 aliphatic heterocycles. The lowest BCUT2D eigenvalue weighted by Gasteiger charge is -2.20. The van der Waals surface area contributed by atoms with Crippen LogP contribution < -0.4 is 10.6 Å². The molecule has 0 aliphatic carbocycles. The van der Waals surface area contributed by atoms with E-state index < -0.39 is 30.4 Å². The molecule has 0 radical (unpaired) electrons. The Morgan fingerprint density at radius 1 is 1.31 bits per heavy atom. The van der Waals surface area contributed by atoms with Gasteiger partial charge in [0, 0.05) is 20.9 Å². The minimum atomic E-state index is -1.00. The van der Waals surface area contributed by atoms with E-state index in [1.165, 1.54) is 23.5 Å². The van der Waals surface area contributed by atoms with Crippen LogP contribution in [0.3, 0.4) is 0 Å². The van der Waals surface area contributed by atoms with E-state index in [1.807, 2.05) is 0 Å². The third-order valence-electron chi connectivity index (χ3n) is 4.14. The number of benzene rings is 1. The minimum absolute atomic E-state index is 0.00532. The summed E-state index contributed by atoms with van der Waals surface area (Å²) in [6.07, 6.45) is -0.293. The third-order valence-corrected chi connectivity index (χ3v) is 5.44. The molecule has 0 saturated carbocycles. The molecular formula is C19H19Cl2N5O5S. The third kappa shape index (κ3) is 7.03. The van der Waals surface area contributed by atoms with E-state index in [-0.39, 0.29) is 46.5 Å². The quantitative estimate of drug-likeness (QED) is 0.194. The van der Waals surface area contributed by atoms with Gasteiger partial charge in [0.1, 0.15) is 5.75 Å². The summed E-state index contributed by atoms with van der Waals surface area (Å²) in [6.45, 7) is 1.36. The number of thiophene rings is 1. The Morgan fingerprint density at radius 3 is 2.75 bits per heavy atom. The number of rotatable bonds is 10. The van der Waals surface area contributed by atoms with Crippen molar-refractivity contribution in [3.05, 3.63) is 60.1 Å². The van der Waals surface area contributed by atoms with Gasteiger partial charge in [0.2, 0.25) is 5.91 Å². The van der Waals surface area contributed by atoms with Gasteiger partial charge in [0.25, 0.3) is 5.91 Å². The van der Waals surface area contributed by atoms with E-state index in [2.05, 4.69) is 20.7 Å². The van der Waals surface area contributed by atoms with Crippen molar-refractivity contribution in [2.75, 3.05) is 13.2 Å². The Kier molecular flexibility index (Phi) is 9.61. The Bertz CT molecular complexity index is 1050. The van der Waals surface area contributed by atoms with Crippen molar-refractivity contribution in [2.24, 2.45) is 5.11 Å². The number of hydrogen-bond donors (Lipinski definition) is 3. The van der Waals surface area contributed by atoms with Crippen LogP contribution in [0.2, 0.25) is 10.0 Å². The van der Waals surface area contributed by atoms with Crippen LogP contribution in [0.4, 0.5) is 0 Å². The number of nitrogens with zero attached hydrogens (tertiary/aromatic N) is 3. The number of esters is 1. The molecule has 1 aromatic carbocycles. The number of phenolic OH excluding ortho intramolecular Hbond substituents is 1. The number of carbonyl (C=O) groups is 3. The molecule has 10 nitrogen and oxygen atoms in total. The summed E-state index contributed by atoms with van der Waals surface area (Å²) >= 11 is 13.2. The van der Waals surface area contributed by atoms with Gasteiger partial charge in [-0.2, -0.15) is 11.3 Å². The number of amides is 2. The molecule has 0 spiro atoms. The molecule has 1 aromatic heterocycles. The zero-order valence-electron chi connectivity index (χ0n) is 16.8. The molecule has 0 aliphatic rings. The van der Waals surface area contributed by atoms with Crippen LogP contribution in [0.25, 0.3) is 10.4 Å². The molecule has 170 valence electrons. The molecule has 2 rings (SSSR count). The highest BCUT2D eigenvalue weighted by atomic mass is 35.5. The average Bonchev–Trinajstić information content (AvgIpc) is 3.21. The van der Waals surface area contributed by atoms with Crippen molar-refractivity contribution in [2.45, 2.75) is 25.9 Å². The maximum atomic E-state index is 12.5. The molecule has 1 atom stereocenters. The van der Waals surface area contributed by atoms with Gasteiger partial charge in [0.15, 0.2) is 0 Å². The number of hydrogen-bond acceptors (Lipinski definition) is 7. The van der Waals surface area contributed by atoms with E-state index in [9.17, 15) is 19.5 Å². The van der Waals surface area contributed by atoms with Crippen LogP contribution in [-0.2, 0) is 20.9 Å². The lowest BCUT2D eigenvalue weighted by atomic mass is 10.0. The summed E-state index contributed by atoms with van der Waals surface area (Å²) in [4.78, 5) is 39.5. The molecule has 1 heterocycles. The predicted molar refractivity (Wildman–Crippen MR) is 120 cm³/mol. The second-order valence-corrected chi connectivity index (χ2v) is 7.92. The van der Waals surface area contributed by atoms with Crippen molar-refractivity contribution in [1.82, 2.24) is 10.6 Å². The van der Waals surface area contributed by atoms with Gasteiger partial charge in [-0.05, 0) is 35.5 Å². The monoisotopic (exact) mass is 499 g/mol. The lowest BCUT2D eigenvalue weighted by Crippen LogP contribution is -2.39. The normalized spacial score (nSPS) is 11.2. The highest BCUT2D eigenvalue weighted by molar-refractivity contribution is 7.08. The van der Waals surface area contributed by atoms with Crippen molar-refractivity contribution >= 4 is 52.3 Å². The Morgan fingerprint density at radius 2 is 2.06 bits per heavy atom. The highest BCUT2D eigenvalue weighted by Crippen LogP contribution is 2.36. The van der Waals surface area contributed by atoms with Gasteiger partial charge in [-0.3, -0.25) is 14.4 Å². The molecule has 2 amide bonds. The maximum absolute atomic E-state index is 12.5. The summed E-state index contributed by atoms with van der Waals surface area (Å²) in [5, 5.41) is 22.2. The van der Waals surface area contributed by atoms with Gasteiger partial charge in [-0.1, -0.05) is 28.3 Å². The van der Waals surface area contributed by atoms with E-state index in [0.717, 1.165) is 0 Å². The molecule has 0 saturated heterocycles.